The zero-order valence-corrected chi connectivity index (χ0v) is 8.04. The van der Waals surface area contributed by atoms with E-state index in [2.05, 4.69) is 15.5 Å². The fourth-order valence-electron chi connectivity index (χ4n) is 1.05. The van der Waals surface area contributed by atoms with E-state index in [1.54, 1.807) is 14.0 Å². The van der Waals surface area contributed by atoms with Gasteiger partial charge >= 0.3 is 0 Å². The minimum absolute atomic E-state index is 0.166. The van der Waals surface area contributed by atoms with Crippen molar-refractivity contribution in [3.05, 3.63) is 11.9 Å². The van der Waals surface area contributed by atoms with Gasteiger partial charge in [0.05, 0.1) is 0 Å². The van der Waals surface area contributed by atoms with E-state index >= 15 is 0 Å². The third kappa shape index (κ3) is 2.15. The fraction of sp³-hybridized carbons (Fsp3) is 0.500. The quantitative estimate of drug-likeness (QED) is 0.348. The van der Waals surface area contributed by atoms with Crippen molar-refractivity contribution in [2.75, 3.05) is 0 Å². The van der Waals surface area contributed by atoms with Gasteiger partial charge < -0.3 is 4.79 Å². The maximum absolute atomic E-state index is 11.3. The molecule has 0 radical (unpaired) electrons. The van der Waals surface area contributed by atoms with Crippen molar-refractivity contribution in [3.8, 4) is 0 Å². The van der Waals surface area contributed by atoms with Crippen LogP contribution in [0, 0.1) is 0 Å². The number of ketones is 1. The summed E-state index contributed by atoms with van der Waals surface area (Å²) >= 11 is 0. The molecule has 1 unspecified atom stereocenters. The number of rotatable bonds is 4. The molecule has 0 bridgehead atoms. The van der Waals surface area contributed by atoms with Crippen molar-refractivity contribution in [1.29, 1.82) is 0 Å². The smallest absolute Gasteiger partial charge is 0.203 e. The Kier molecular flexibility index (Phi) is 3.33. The molecule has 0 saturated carbocycles. The maximum Gasteiger partial charge on any atom is 0.203 e. The molecule has 14 heavy (non-hydrogen) atoms. The minimum atomic E-state index is -0.818. The molecule has 1 aromatic rings. The van der Waals surface area contributed by atoms with Crippen LogP contribution in [-0.4, -0.2) is 27.6 Å². The summed E-state index contributed by atoms with van der Waals surface area (Å²) in [6, 6.07) is 0. The molecule has 1 heterocycles. The molecule has 0 spiro atoms. The summed E-state index contributed by atoms with van der Waals surface area (Å²) < 4.78 is 1.40. The molecule has 0 aliphatic rings. The molecule has 6 nitrogen and oxygen atoms in total. The summed E-state index contributed by atoms with van der Waals surface area (Å²) in [4.78, 5) is 22.0. The van der Waals surface area contributed by atoms with E-state index in [4.69, 9.17) is 0 Å². The van der Waals surface area contributed by atoms with E-state index < -0.39 is 5.92 Å². The second kappa shape index (κ2) is 4.50. The highest BCUT2D eigenvalue weighted by atomic mass is 16.1. The van der Waals surface area contributed by atoms with Gasteiger partial charge in [-0.3, -0.25) is 4.79 Å². The molecule has 0 aliphatic carbocycles. The highest BCUT2D eigenvalue weighted by molar-refractivity contribution is 5.98. The molecule has 1 atom stereocenters. The van der Waals surface area contributed by atoms with Crippen LogP contribution in [0.4, 0.5) is 0 Å². The van der Waals surface area contributed by atoms with E-state index in [1.807, 2.05) is 0 Å². The highest BCUT2D eigenvalue weighted by Crippen LogP contribution is 2.10. The molecule has 6 heteroatoms. The third-order valence-electron chi connectivity index (χ3n) is 1.81. The van der Waals surface area contributed by atoms with Gasteiger partial charge in [-0.25, -0.2) is 0 Å². The number of carbonyl (C=O) groups excluding carboxylic acids is 2. The van der Waals surface area contributed by atoms with Crippen LogP contribution < -0.4 is 4.68 Å². The first-order valence-electron chi connectivity index (χ1n) is 4.23. The molecule has 1 rings (SSSR count). The SMILES string of the molecule is CCC(=O)C(C=O)c1c[n+](C)nnn1. The van der Waals surface area contributed by atoms with E-state index in [9.17, 15) is 9.59 Å². The fourth-order valence-corrected chi connectivity index (χ4v) is 1.05. The molecule has 0 saturated heterocycles. The van der Waals surface area contributed by atoms with Crippen LogP contribution in [-0.2, 0) is 16.6 Å². The number of hydrogen-bond donors (Lipinski definition) is 0. The Bertz CT molecular complexity index is 353. The van der Waals surface area contributed by atoms with E-state index in [1.165, 1.54) is 10.9 Å². The summed E-state index contributed by atoms with van der Waals surface area (Å²) in [7, 11) is 1.65. The number of aryl methyl sites for hydroxylation is 1. The first kappa shape index (κ1) is 10.4. The summed E-state index contributed by atoms with van der Waals surface area (Å²) in [5, 5.41) is 10.6. The van der Waals surface area contributed by atoms with Gasteiger partial charge in [0.25, 0.3) is 0 Å². The Morgan fingerprint density at radius 2 is 2.43 bits per heavy atom. The number of aldehydes is 1. The Hall–Kier alpha value is -1.72. The van der Waals surface area contributed by atoms with Gasteiger partial charge in [-0.2, -0.15) is 0 Å². The van der Waals surface area contributed by atoms with Crippen LogP contribution in [0.5, 0.6) is 0 Å². The lowest BCUT2D eigenvalue weighted by molar-refractivity contribution is -0.737. The number of aromatic nitrogens is 4. The third-order valence-corrected chi connectivity index (χ3v) is 1.81. The van der Waals surface area contributed by atoms with Gasteiger partial charge in [0.1, 0.15) is 36.9 Å². The van der Waals surface area contributed by atoms with Crippen molar-refractivity contribution in [2.45, 2.75) is 19.3 Å². The molecule has 74 valence electrons. The molecule has 0 aliphatic heterocycles. The number of carbonyl (C=O) groups is 2. The van der Waals surface area contributed by atoms with E-state index in [-0.39, 0.29) is 5.78 Å². The maximum atomic E-state index is 11.3. The van der Waals surface area contributed by atoms with Gasteiger partial charge in [-0.05, 0) is 5.10 Å². The summed E-state index contributed by atoms with van der Waals surface area (Å²) in [5.41, 5.74) is 0.337. The van der Waals surface area contributed by atoms with Gasteiger partial charge in [-0.15, -0.1) is 4.68 Å². The summed E-state index contributed by atoms with van der Waals surface area (Å²) in [5.74, 6) is -0.984. The van der Waals surface area contributed by atoms with Crippen LogP contribution in [0.25, 0.3) is 0 Å². The summed E-state index contributed by atoms with van der Waals surface area (Å²) in [6.45, 7) is 1.70. The first-order chi connectivity index (χ1) is 6.69. The Morgan fingerprint density at radius 3 is 2.93 bits per heavy atom. The van der Waals surface area contributed by atoms with Crippen LogP contribution in [0.3, 0.4) is 0 Å². The predicted octanol–water partition coefficient (Wildman–Crippen LogP) is -1.04. The Balaban J connectivity index is 3.00. The van der Waals surface area contributed by atoms with Crippen molar-refractivity contribution in [3.63, 3.8) is 0 Å². The van der Waals surface area contributed by atoms with Crippen LogP contribution in [0.1, 0.15) is 25.0 Å². The normalized spacial score (nSPS) is 12.1. The monoisotopic (exact) mass is 195 g/mol. The highest BCUT2D eigenvalue weighted by Gasteiger charge is 2.22. The van der Waals surface area contributed by atoms with E-state index in [0.717, 1.165) is 0 Å². The second-order valence-corrected chi connectivity index (χ2v) is 2.84. The zero-order valence-electron chi connectivity index (χ0n) is 8.04. The van der Waals surface area contributed by atoms with Crippen molar-refractivity contribution >= 4 is 12.1 Å². The molecule has 1 aromatic heterocycles. The Labute approximate surface area is 80.9 Å². The summed E-state index contributed by atoms with van der Waals surface area (Å²) in [6.07, 6.45) is 2.40. The molecular weight excluding hydrogens is 184 g/mol. The lowest BCUT2D eigenvalue weighted by atomic mass is 10.0. The average Bonchev–Trinajstić information content (AvgIpc) is 2.19. The van der Waals surface area contributed by atoms with E-state index in [0.29, 0.717) is 18.4 Å². The molecule has 0 N–H and O–H groups in total. The molecular formula is C8H11N4O2+. The van der Waals surface area contributed by atoms with Gasteiger partial charge in [0.15, 0.2) is 5.21 Å². The standard InChI is InChI=1S/C8H11N4O2/c1-3-8(14)6(5-13)7-4-12(2)11-10-9-7/h4-6H,3H2,1-2H3/q+1. The van der Waals surface area contributed by atoms with Crippen LogP contribution in [0.15, 0.2) is 6.20 Å². The molecule has 0 aromatic carbocycles. The van der Waals surface area contributed by atoms with Gasteiger partial charge in [0, 0.05) is 6.42 Å². The predicted molar refractivity (Wildman–Crippen MR) is 45.1 cm³/mol. The van der Waals surface area contributed by atoms with Crippen molar-refractivity contribution in [2.24, 2.45) is 7.05 Å². The zero-order chi connectivity index (χ0) is 10.6. The molecule has 0 amide bonds. The molecule has 0 fully saturated rings. The Morgan fingerprint density at radius 1 is 1.71 bits per heavy atom. The van der Waals surface area contributed by atoms with Crippen molar-refractivity contribution in [1.82, 2.24) is 15.5 Å². The minimum Gasteiger partial charge on any atom is -0.302 e. The topological polar surface area (TPSA) is 76.7 Å². The lowest BCUT2D eigenvalue weighted by Gasteiger charge is -2.02. The van der Waals surface area contributed by atoms with Crippen molar-refractivity contribution < 1.29 is 14.3 Å². The van der Waals surface area contributed by atoms with Crippen LogP contribution in [0.2, 0.25) is 0 Å². The van der Waals surface area contributed by atoms with Crippen LogP contribution >= 0.6 is 0 Å². The largest absolute Gasteiger partial charge is 0.302 e. The number of Topliss-reactive ketones (excluding diaryl/α,β-unsaturated/α-hetero) is 1. The van der Waals surface area contributed by atoms with Gasteiger partial charge in [-0.1, -0.05) is 6.92 Å². The average molecular weight is 195 g/mol. The number of nitrogens with zero attached hydrogens (tertiary/aromatic N) is 4. The first-order valence-corrected chi connectivity index (χ1v) is 4.23. The number of hydrogen-bond acceptors (Lipinski definition) is 5. The second-order valence-electron chi connectivity index (χ2n) is 2.84. The lowest BCUT2D eigenvalue weighted by Crippen LogP contribution is -2.36. The van der Waals surface area contributed by atoms with Gasteiger partial charge in [0.2, 0.25) is 5.21 Å².